The number of hydrogen-bond donors (Lipinski definition) is 0. The maximum atomic E-state index is 7.04. The lowest BCUT2D eigenvalue weighted by atomic mass is 9.85. The zero-order valence-corrected chi connectivity index (χ0v) is 27.9. The van der Waals surface area contributed by atoms with Crippen LogP contribution in [-0.2, 0) is 0 Å². The molecule has 10 aromatic rings. The molecule has 0 aliphatic carbocycles. The summed E-state index contributed by atoms with van der Waals surface area (Å²) in [5, 5.41) is 13.7. The Bertz CT molecular complexity index is 3360. The Labute approximate surface area is 297 Å². The summed E-state index contributed by atoms with van der Waals surface area (Å²) in [6, 6.07) is 58.1. The third-order valence-electron chi connectivity index (χ3n) is 11.0. The molecule has 52 heavy (non-hydrogen) atoms. The van der Waals surface area contributed by atoms with Crippen LogP contribution in [-0.4, -0.2) is 4.98 Å². The van der Waals surface area contributed by atoms with E-state index in [1.807, 2.05) is 12.1 Å². The largest absolute Gasteiger partial charge is 0.455 e. The molecule has 0 bridgehead atoms. The van der Waals surface area contributed by atoms with Crippen molar-refractivity contribution in [2.75, 3.05) is 0 Å². The monoisotopic (exact) mass is 661 g/mol. The van der Waals surface area contributed by atoms with E-state index in [4.69, 9.17) is 13.8 Å². The zero-order valence-electron chi connectivity index (χ0n) is 27.9. The topological polar surface area (TPSA) is 39.2 Å². The van der Waals surface area contributed by atoms with Crippen LogP contribution in [0.3, 0.4) is 0 Å². The van der Waals surface area contributed by atoms with E-state index < -0.39 is 0 Å². The number of furan rings is 1. The Kier molecular flexibility index (Phi) is 5.50. The normalized spacial score (nSPS) is 12.2. The van der Waals surface area contributed by atoms with Gasteiger partial charge in [-0.25, -0.2) is 4.98 Å². The van der Waals surface area contributed by atoms with E-state index in [2.05, 4.69) is 152 Å². The fourth-order valence-electron chi connectivity index (χ4n) is 8.84. The average molecular weight is 662 g/mol. The van der Waals surface area contributed by atoms with Gasteiger partial charge in [0.05, 0.1) is 16.8 Å². The second-order valence-electron chi connectivity index (χ2n) is 13.7. The summed E-state index contributed by atoms with van der Waals surface area (Å²) in [5.41, 5.74) is 8.86. The van der Waals surface area contributed by atoms with Gasteiger partial charge in [0.2, 0.25) is 0 Å². The molecule has 2 aliphatic rings. The summed E-state index contributed by atoms with van der Waals surface area (Å²) in [6.45, 7) is 0. The number of aromatic nitrogens is 1. The van der Waals surface area contributed by atoms with Crippen molar-refractivity contribution in [2.45, 2.75) is 0 Å². The zero-order chi connectivity index (χ0) is 33.9. The Morgan fingerprint density at radius 1 is 0.365 bits per heavy atom. The van der Waals surface area contributed by atoms with Crippen LogP contribution < -0.4 is 0 Å². The predicted molar refractivity (Wildman–Crippen MR) is 216 cm³/mol. The molecule has 0 amide bonds. The van der Waals surface area contributed by atoms with Gasteiger partial charge in [0.15, 0.2) is 0 Å². The molecule has 9 aromatic carbocycles. The van der Waals surface area contributed by atoms with Crippen LogP contribution in [0.4, 0.5) is 0 Å². The van der Waals surface area contributed by atoms with Crippen molar-refractivity contribution < 1.29 is 8.83 Å². The Morgan fingerprint density at radius 3 is 1.65 bits per heavy atom. The van der Waals surface area contributed by atoms with Crippen LogP contribution in [0.5, 0.6) is 0 Å². The number of benzene rings is 9. The van der Waals surface area contributed by atoms with Crippen LogP contribution in [0.25, 0.3) is 121 Å². The lowest BCUT2D eigenvalue weighted by molar-refractivity contribution is 0.623. The molecule has 12 rings (SSSR count). The highest BCUT2D eigenvalue weighted by Gasteiger charge is 2.28. The maximum Gasteiger partial charge on any atom is 0.146 e. The van der Waals surface area contributed by atoms with Gasteiger partial charge in [-0.05, 0) is 73.4 Å². The molecule has 0 saturated heterocycles. The van der Waals surface area contributed by atoms with Crippen LogP contribution >= 0.6 is 0 Å². The van der Waals surface area contributed by atoms with Crippen molar-refractivity contribution in [3.63, 3.8) is 0 Å². The molecule has 1 aromatic heterocycles. The Morgan fingerprint density at radius 2 is 0.923 bits per heavy atom. The minimum Gasteiger partial charge on any atom is -0.455 e. The molecule has 0 N–H and O–H groups in total. The van der Waals surface area contributed by atoms with Gasteiger partial charge in [0, 0.05) is 38.2 Å². The minimum atomic E-state index is 0.816. The first kappa shape index (κ1) is 27.8. The third kappa shape index (κ3) is 3.66. The molecular weight excluding hydrogens is 635 g/mol. The summed E-state index contributed by atoms with van der Waals surface area (Å²) in [4.78, 5) is 5.19. The van der Waals surface area contributed by atoms with Crippen molar-refractivity contribution in [3.05, 3.63) is 164 Å². The van der Waals surface area contributed by atoms with Crippen LogP contribution in [0, 0.1) is 0 Å². The van der Waals surface area contributed by atoms with E-state index in [0.717, 1.165) is 99.1 Å². The van der Waals surface area contributed by atoms with Gasteiger partial charge in [-0.2, -0.15) is 0 Å². The molecule has 0 unspecified atom stereocenters. The van der Waals surface area contributed by atoms with E-state index >= 15 is 0 Å². The number of fused-ring (bicyclic) bond motifs is 14. The highest BCUT2D eigenvalue weighted by Crippen LogP contribution is 2.52. The van der Waals surface area contributed by atoms with Crippen LogP contribution in [0.1, 0.15) is 0 Å². The quantitative estimate of drug-likeness (QED) is 0.173. The van der Waals surface area contributed by atoms with E-state index in [0.29, 0.717) is 0 Å². The fourth-order valence-corrected chi connectivity index (χ4v) is 8.84. The van der Waals surface area contributed by atoms with Crippen molar-refractivity contribution in [1.82, 2.24) is 4.98 Å². The summed E-state index contributed by atoms with van der Waals surface area (Å²) in [7, 11) is 0. The minimum absolute atomic E-state index is 0.816. The fraction of sp³-hybridized carbons (Fsp3) is 0. The molecule has 0 fully saturated rings. The van der Waals surface area contributed by atoms with E-state index in [1.54, 1.807) is 0 Å². The molecule has 3 heteroatoms. The van der Waals surface area contributed by atoms with Crippen LogP contribution in [0.2, 0.25) is 0 Å². The molecular formula is C49H27NO2. The van der Waals surface area contributed by atoms with E-state index in [1.165, 1.54) is 21.5 Å². The van der Waals surface area contributed by atoms with Crippen molar-refractivity contribution in [3.8, 4) is 33.7 Å². The van der Waals surface area contributed by atoms with Gasteiger partial charge in [-0.1, -0.05) is 133 Å². The van der Waals surface area contributed by atoms with Gasteiger partial charge in [0.25, 0.3) is 0 Å². The maximum absolute atomic E-state index is 7.04. The predicted octanol–water partition coefficient (Wildman–Crippen LogP) is 13.9. The summed E-state index contributed by atoms with van der Waals surface area (Å²) < 4.78 is 14.0. The first-order valence-electron chi connectivity index (χ1n) is 17.7. The molecule has 0 saturated carbocycles. The third-order valence-corrected chi connectivity index (χ3v) is 11.0. The lowest BCUT2D eigenvalue weighted by Gasteiger charge is -2.19. The molecule has 240 valence electrons. The number of para-hydroxylation sites is 2. The summed E-state index contributed by atoms with van der Waals surface area (Å²) >= 11 is 0. The second-order valence-corrected chi connectivity index (χ2v) is 13.7. The average Bonchev–Trinajstić information content (AvgIpc) is 3.80. The molecule has 3 heterocycles. The smallest absolute Gasteiger partial charge is 0.146 e. The summed E-state index contributed by atoms with van der Waals surface area (Å²) in [6.07, 6.45) is 0. The van der Waals surface area contributed by atoms with Crippen molar-refractivity contribution >= 4 is 86.9 Å². The number of rotatable bonds is 2. The highest BCUT2D eigenvalue weighted by atomic mass is 16.3. The molecule has 3 nitrogen and oxygen atoms in total. The Hall–Kier alpha value is -6.97. The van der Waals surface area contributed by atoms with Crippen LogP contribution in [0.15, 0.2) is 173 Å². The standard InChI is InChI=1S/C49H27NO2/c1-3-15-30-28(13-1)25-26-41-44(30)45-31-16-4-2-14-29(31)27-38(48(45)52-41)42-32-17-5-7-19-34(32)43(35-20-8-6-18-33(35)42)49-46-36-21-9-11-23-39(36)50-47(46)37-22-10-12-24-40(37)51-49/h1-27H. The lowest BCUT2D eigenvalue weighted by Crippen LogP contribution is -1.94. The highest BCUT2D eigenvalue weighted by molar-refractivity contribution is 6.32. The van der Waals surface area contributed by atoms with Gasteiger partial charge >= 0.3 is 0 Å². The first-order chi connectivity index (χ1) is 25.8. The first-order valence-corrected chi connectivity index (χ1v) is 17.7. The van der Waals surface area contributed by atoms with E-state index in [-0.39, 0.29) is 0 Å². The van der Waals surface area contributed by atoms with Crippen molar-refractivity contribution in [2.24, 2.45) is 0 Å². The Balaban J connectivity index is 1.28. The van der Waals surface area contributed by atoms with E-state index in [9.17, 15) is 0 Å². The van der Waals surface area contributed by atoms with Gasteiger partial charge in [-0.15, -0.1) is 0 Å². The molecule has 2 aliphatic heterocycles. The molecule has 0 atom stereocenters. The second kappa shape index (κ2) is 10.3. The SMILES string of the molecule is c1ccc2c(c1)ccc1oc3c(-c4c5ccccc5c(-c5oc6ccccc6c6nc7ccccc7c5-6)c5ccccc45)cc4ccccc4c3c12. The number of hydrogen-bond acceptors (Lipinski definition) is 3. The molecule has 0 spiro atoms. The number of nitrogens with zero attached hydrogens (tertiary/aromatic N) is 1. The summed E-state index contributed by atoms with van der Waals surface area (Å²) in [5.74, 6) is 0.834. The van der Waals surface area contributed by atoms with Gasteiger partial charge in [0.1, 0.15) is 22.5 Å². The molecule has 0 radical (unpaired) electrons. The van der Waals surface area contributed by atoms with Crippen molar-refractivity contribution in [1.29, 1.82) is 0 Å². The van der Waals surface area contributed by atoms with Gasteiger partial charge in [-0.3, -0.25) is 0 Å². The van der Waals surface area contributed by atoms with Gasteiger partial charge < -0.3 is 8.83 Å².